The summed E-state index contributed by atoms with van der Waals surface area (Å²) in [5.41, 5.74) is 2.94. The fourth-order valence-electron chi connectivity index (χ4n) is 4.09. The molecule has 1 saturated heterocycles. The number of rotatable bonds is 6. The highest BCUT2D eigenvalue weighted by molar-refractivity contribution is 5.80. The molecule has 1 fully saturated rings. The van der Waals surface area contributed by atoms with Crippen LogP contribution in [0.25, 0.3) is 16.8 Å². The number of nitrogens with zero attached hydrogens (tertiary/aromatic N) is 3. The minimum Gasteiger partial charge on any atom is -0.381 e. The molecule has 2 aliphatic heterocycles. The molecular formula is C24H25F2N3O2. The predicted octanol–water partition coefficient (Wildman–Crippen LogP) is 4.90. The first-order valence-electron chi connectivity index (χ1n) is 10.5. The SMILES string of the molecule is C=C(CC1C=NC(C(F)F)=CC1)c1ccccc1-c1cc(=O)n(C2CCOCC2)cn1. The number of allylic oxidation sites excluding steroid dienone is 3. The topological polar surface area (TPSA) is 56.5 Å². The highest BCUT2D eigenvalue weighted by Crippen LogP contribution is 2.32. The standard InChI is InChI=1S/C24H25F2N3O2/c1-16(12-17-6-7-21(24(25)26)27-14-17)19-4-2-3-5-20(19)22-13-23(30)29(15-28-22)18-8-10-31-11-9-18/h2-5,7,13-15,17-18,24H,1,6,8-12H2. The van der Waals surface area contributed by atoms with Gasteiger partial charge in [-0.2, -0.15) is 0 Å². The number of hydrogen-bond donors (Lipinski definition) is 0. The second kappa shape index (κ2) is 9.47. The van der Waals surface area contributed by atoms with Gasteiger partial charge in [-0.25, -0.2) is 13.8 Å². The summed E-state index contributed by atoms with van der Waals surface area (Å²) in [5.74, 6) is 0.0116. The quantitative estimate of drug-likeness (QED) is 0.661. The number of alkyl halides is 2. The molecule has 162 valence electrons. The van der Waals surface area contributed by atoms with Gasteiger partial charge in [0.05, 0.1) is 12.0 Å². The first-order valence-corrected chi connectivity index (χ1v) is 10.5. The van der Waals surface area contributed by atoms with E-state index in [4.69, 9.17) is 4.74 Å². The zero-order valence-corrected chi connectivity index (χ0v) is 17.2. The van der Waals surface area contributed by atoms with Gasteiger partial charge in [-0.1, -0.05) is 36.9 Å². The average molecular weight is 425 g/mol. The van der Waals surface area contributed by atoms with Gasteiger partial charge in [0.15, 0.2) is 0 Å². The Morgan fingerprint density at radius 2 is 2.03 bits per heavy atom. The number of hydrogen-bond acceptors (Lipinski definition) is 4. The number of aromatic nitrogens is 2. The molecule has 2 aromatic rings. The van der Waals surface area contributed by atoms with E-state index in [1.54, 1.807) is 23.2 Å². The Morgan fingerprint density at radius 1 is 1.26 bits per heavy atom. The van der Waals surface area contributed by atoms with Crippen molar-refractivity contribution in [3.8, 4) is 11.3 Å². The number of benzene rings is 1. The third kappa shape index (κ3) is 4.88. The fraction of sp³-hybridized carbons (Fsp3) is 0.375. The van der Waals surface area contributed by atoms with Crippen LogP contribution in [0.2, 0.25) is 0 Å². The third-order valence-corrected chi connectivity index (χ3v) is 5.80. The third-order valence-electron chi connectivity index (χ3n) is 5.80. The van der Waals surface area contributed by atoms with Crippen LogP contribution in [-0.4, -0.2) is 35.4 Å². The van der Waals surface area contributed by atoms with E-state index in [2.05, 4.69) is 16.6 Å². The highest BCUT2D eigenvalue weighted by Gasteiger charge is 2.20. The number of ether oxygens (including phenoxy) is 1. The van der Waals surface area contributed by atoms with Gasteiger partial charge in [0.25, 0.3) is 12.0 Å². The van der Waals surface area contributed by atoms with E-state index in [0.717, 1.165) is 29.5 Å². The van der Waals surface area contributed by atoms with E-state index in [-0.39, 0.29) is 23.2 Å². The van der Waals surface area contributed by atoms with Crippen molar-refractivity contribution in [2.75, 3.05) is 13.2 Å². The molecule has 1 aromatic heterocycles. The van der Waals surface area contributed by atoms with E-state index in [1.807, 2.05) is 24.3 Å². The fourth-order valence-corrected chi connectivity index (χ4v) is 4.09. The second-order valence-electron chi connectivity index (χ2n) is 7.92. The van der Waals surface area contributed by atoms with Crippen LogP contribution in [0.4, 0.5) is 8.78 Å². The van der Waals surface area contributed by atoms with Gasteiger partial charge in [-0.15, -0.1) is 0 Å². The van der Waals surface area contributed by atoms with E-state index < -0.39 is 6.43 Å². The monoisotopic (exact) mass is 425 g/mol. The summed E-state index contributed by atoms with van der Waals surface area (Å²) in [7, 11) is 0. The Hall–Kier alpha value is -2.93. The van der Waals surface area contributed by atoms with Crippen LogP contribution >= 0.6 is 0 Å². The molecule has 3 heterocycles. The lowest BCUT2D eigenvalue weighted by molar-refractivity contribution is 0.0684. The lowest BCUT2D eigenvalue weighted by Gasteiger charge is -2.24. The Labute approximate surface area is 179 Å². The van der Waals surface area contributed by atoms with Crippen molar-refractivity contribution in [3.63, 3.8) is 0 Å². The van der Waals surface area contributed by atoms with E-state index in [9.17, 15) is 13.6 Å². The van der Waals surface area contributed by atoms with E-state index in [0.29, 0.717) is 31.7 Å². The molecule has 0 bridgehead atoms. The van der Waals surface area contributed by atoms with Crippen molar-refractivity contribution in [3.05, 3.63) is 70.9 Å². The molecule has 31 heavy (non-hydrogen) atoms. The summed E-state index contributed by atoms with van der Waals surface area (Å²) in [4.78, 5) is 21.2. The van der Waals surface area contributed by atoms with Gasteiger partial charge in [0.1, 0.15) is 5.70 Å². The summed E-state index contributed by atoms with van der Waals surface area (Å²) < 4.78 is 32.6. The van der Waals surface area contributed by atoms with Gasteiger partial charge in [-0.05, 0) is 36.8 Å². The van der Waals surface area contributed by atoms with Gasteiger partial charge in [0, 0.05) is 43.0 Å². The molecule has 0 amide bonds. The van der Waals surface area contributed by atoms with E-state index >= 15 is 0 Å². The van der Waals surface area contributed by atoms with Crippen molar-refractivity contribution < 1.29 is 13.5 Å². The normalized spacial score (nSPS) is 19.5. The first-order chi connectivity index (χ1) is 15.0. The maximum atomic E-state index is 12.8. The maximum Gasteiger partial charge on any atom is 0.280 e. The summed E-state index contributed by atoms with van der Waals surface area (Å²) in [6.07, 6.45) is 4.86. The van der Waals surface area contributed by atoms with Crippen molar-refractivity contribution in [2.45, 2.75) is 38.2 Å². The molecule has 7 heteroatoms. The van der Waals surface area contributed by atoms with Gasteiger partial charge in [-0.3, -0.25) is 14.4 Å². The zero-order chi connectivity index (χ0) is 21.8. The molecule has 0 radical (unpaired) electrons. The molecule has 0 aliphatic carbocycles. The minimum atomic E-state index is -2.55. The summed E-state index contributed by atoms with van der Waals surface area (Å²) >= 11 is 0. The van der Waals surface area contributed by atoms with E-state index in [1.165, 1.54) is 6.08 Å². The Morgan fingerprint density at radius 3 is 2.71 bits per heavy atom. The molecular weight excluding hydrogens is 400 g/mol. The second-order valence-corrected chi connectivity index (χ2v) is 7.92. The van der Waals surface area contributed by atoms with Crippen LogP contribution in [0.15, 0.2) is 64.8 Å². The molecule has 1 unspecified atom stereocenters. The number of halogens is 2. The first kappa shape index (κ1) is 21.3. The van der Waals surface area contributed by atoms with Crippen molar-refractivity contribution in [2.24, 2.45) is 10.9 Å². The molecule has 2 aliphatic rings. The Balaban J connectivity index is 1.53. The van der Waals surface area contributed by atoms with Crippen LogP contribution < -0.4 is 5.56 Å². The zero-order valence-electron chi connectivity index (χ0n) is 17.2. The summed E-state index contributed by atoms with van der Waals surface area (Å²) in [5, 5.41) is 0. The molecule has 0 saturated carbocycles. The Bertz CT molecular complexity index is 1070. The van der Waals surface area contributed by atoms with Crippen LogP contribution in [0.3, 0.4) is 0 Å². The molecule has 4 rings (SSSR count). The molecule has 0 N–H and O–H groups in total. The molecule has 1 atom stereocenters. The van der Waals surface area contributed by atoms with Crippen molar-refractivity contribution >= 4 is 11.8 Å². The average Bonchev–Trinajstić information content (AvgIpc) is 2.80. The molecule has 0 spiro atoms. The Kier molecular flexibility index (Phi) is 6.51. The smallest absolute Gasteiger partial charge is 0.280 e. The van der Waals surface area contributed by atoms with Gasteiger partial charge in [0.2, 0.25) is 0 Å². The maximum absolute atomic E-state index is 12.8. The van der Waals surface area contributed by atoms with Crippen molar-refractivity contribution in [1.29, 1.82) is 0 Å². The lowest BCUT2D eigenvalue weighted by Crippen LogP contribution is -2.29. The summed E-state index contributed by atoms with van der Waals surface area (Å²) in [6, 6.07) is 9.37. The van der Waals surface area contributed by atoms with Crippen molar-refractivity contribution in [1.82, 2.24) is 9.55 Å². The van der Waals surface area contributed by atoms with Crippen LogP contribution in [0.5, 0.6) is 0 Å². The highest BCUT2D eigenvalue weighted by atomic mass is 19.3. The number of aliphatic imine (C=N–C) groups is 1. The molecule has 5 nitrogen and oxygen atoms in total. The molecule has 1 aromatic carbocycles. The van der Waals surface area contributed by atoms with Gasteiger partial charge >= 0.3 is 0 Å². The van der Waals surface area contributed by atoms with Gasteiger partial charge < -0.3 is 4.74 Å². The van der Waals surface area contributed by atoms with Crippen LogP contribution in [0.1, 0.15) is 37.3 Å². The van der Waals surface area contributed by atoms with Crippen LogP contribution in [0, 0.1) is 5.92 Å². The minimum absolute atomic E-state index is 0.0116. The largest absolute Gasteiger partial charge is 0.381 e. The predicted molar refractivity (Wildman–Crippen MR) is 117 cm³/mol. The van der Waals surface area contributed by atoms with Crippen LogP contribution in [-0.2, 0) is 4.74 Å². The lowest BCUT2D eigenvalue weighted by atomic mass is 9.89. The summed E-state index contributed by atoms with van der Waals surface area (Å²) in [6.45, 7) is 5.52.